The molecule has 0 aromatic carbocycles. The smallest absolute Gasteiger partial charge is 0.220 e. The molecule has 1 fully saturated rings. The van der Waals surface area contributed by atoms with Crippen LogP contribution in [0, 0.1) is 0 Å². The third-order valence-corrected chi connectivity index (χ3v) is 11.0. The molecule has 1 aliphatic heterocycles. The Bertz CT molecular complexity index is 1160. The molecule has 0 radical (unpaired) electrons. The highest BCUT2D eigenvalue weighted by Crippen LogP contribution is 2.22. The van der Waals surface area contributed by atoms with Crippen LogP contribution in [0.3, 0.4) is 0 Å². The van der Waals surface area contributed by atoms with Crippen molar-refractivity contribution >= 4 is 5.91 Å². The van der Waals surface area contributed by atoms with Gasteiger partial charge >= 0.3 is 0 Å². The van der Waals surface area contributed by atoms with E-state index in [9.17, 15) is 30.3 Å². The van der Waals surface area contributed by atoms with Crippen molar-refractivity contribution in [2.45, 2.75) is 230 Å². The van der Waals surface area contributed by atoms with Gasteiger partial charge in [0.25, 0.3) is 0 Å². The van der Waals surface area contributed by atoms with Crippen molar-refractivity contribution in [3.63, 3.8) is 0 Å². The fraction of sp³-hybridized carbons (Fsp3) is 0.745. The Morgan fingerprint density at radius 3 is 1.60 bits per heavy atom. The van der Waals surface area contributed by atoms with E-state index < -0.39 is 49.5 Å². The number of carbonyl (C=O) groups is 1. The number of allylic oxidation sites excluding steroid dienone is 11. The van der Waals surface area contributed by atoms with Crippen LogP contribution >= 0.6 is 0 Å². The average molecular weight is 844 g/mol. The summed E-state index contributed by atoms with van der Waals surface area (Å²) in [6, 6.07) is -0.822. The van der Waals surface area contributed by atoms with E-state index in [-0.39, 0.29) is 12.5 Å². The Labute approximate surface area is 366 Å². The first kappa shape index (κ1) is 55.6. The molecule has 0 bridgehead atoms. The Balaban J connectivity index is 2.21. The molecular weight excluding hydrogens is 755 g/mol. The monoisotopic (exact) mass is 844 g/mol. The van der Waals surface area contributed by atoms with Gasteiger partial charge in [-0.1, -0.05) is 183 Å². The van der Waals surface area contributed by atoms with Crippen molar-refractivity contribution in [1.82, 2.24) is 5.32 Å². The zero-order valence-corrected chi connectivity index (χ0v) is 37.9. The van der Waals surface area contributed by atoms with Crippen LogP contribution in [-0.2, 0) is 14.3 Å². The van der Waals surface area contributed by atoms with Gasteiger partial charge < -0.3 is 40.3 Å². The Morgan fingerprint density at radius 2 is 1.05 bits per heavy atom. The standard InChI is InChI=1S/C51H89NO8/c1-3-5-7-9-11-13-15-16-17-18-19-20-21-22-23-24-25-26-27-28-29-30-31-33-35-37-39-41-47(55)52-44(43-59-51-50(58)49(57)48(56)46(42-53)60-51)45(54)40-38-36-34-32-14-12-10-8-6-4-2/h5,7,11,13-14,16-17,19-20,32,38,40,44-46,48-51,53-54,56-58H,3-4,6,8-10,12,15,18,21-31,33-37,39,41-43H2,1-2H3,(H,52,55)/b7-5-,13-11-,17-16-,20-19-,32-14+,40-38+. The highest BCUT2D eigenvalue weighted by molar-refractivity contribution is 5.76. The molecule has 60 heavy (non-hydrogen) atoms. The summed E-state index contributed by atoms with van der Waals surface area (Å²) in [6.07, 6.45) is 48.2. The summed E-state index contributed by atoms with van der Waals surface area (Å²) in [7, 11) is 0. The van der Waals surface area contributed by atoms with Crippen molar-refractivity contribution in [3.8, 4) is 0 Å². The number of ether oxygens (including phenoxy) is 2. The largest absolute Gasteiger partial charge is 0.394 e. The summed E-state index contributed by atoms with van der Waals surface area (Å²) in [4.78, 5) is 12.9. The Hall–Kier alpha value is -2.37. The van der Waals surface area contributed by atoms with Gasteiger partial charge in [0.2, 0.25) is 5.91 Å². The van der Waals surface area contributed by atoms with Gasteiger partial charge in [-0.2, -0.15) is 0 Å². The van der Waals surface area contributed by atoms with E-state index in [1.807, 2.05) is 6.08 Å². The summed E-state index contributed by atoms with van der Waals surface area (Å²) in [5, 5.41) is 54.1. The van der Waals surface area contributed by atoms with E-state index in [1.54, 1.807) is 6.08 Å². The lowest BCUT2D eigenvalue weighted by atomic mass is 9.99. The lowest BCUT2D eigenvalue weighted by Gasteiger charge is -2.40. The highest BCUT2D eigenvalue weighted by atomic mass is 16.7. The first-order valence-electron chi connectivity index (χ1n) is 24.2. The SMILES string of the molecule is CC/C=C\C/C=C\C/C=C\C/C=C\CCCCCCCCCCCCCCCCC(=O)NC(COC1OC(CO)C(O)C(O)C1O)C(O)/C=C/CC/C=C/CCCCCC. The molecule has 0 aromatic rings. The normalized spacial score (nSPS) is 21.2. The lowest BCUT2D eigenvalue weighted by Crippen LogP contribution is -2.60. The molecule has 346 valence electrons. The molecule has 1 heterocycles. The van der Waals surface area contributed by atoms with Gasteiger partial charge in [0.15, 0.2) is 6.29 Å². The Morgan fingerprint density at radius 1 is 0.583 bits per heavy atom. The molecule has 0 aliphatic carbocycles. The number of hydrogen-bond acceptors (Lipinski definition) is 8. The minimum atomic E-state index is -1.57. The molecule has 0 aromatic heterocycles. The molecule has 9 heteroatoms. The number of aliphatic hydroxyl groups is 5. The van der Waals surface area contributed by atoms with Crippen LogP contribution in [0.2, 0.25) is 0 Å². The zero-order chi connectivity index (χ0) is 43.7. The van der Waals surface area contributed by atoms with Gasteiger partial charge in [-0.3, -0.25) is 4.79 Å². The van der Waals surface area contributed by atoms with Crippen molar-refractivity contribution in [2.24, 2.45) is 0 Å². The molecule has 6 N–H and O–H groups in total. The van der Waals surface area contributed by atoms with E-state index in [2.05, 4.69) is 79.9 Å². The number of carbonyl (C=O) groups excluding carboxylic acids is 1. The molecule has 9 nitrogen and oxygen atoms in total. The molecular formula is C51H89NO8. The average Bonchev–Trinajstić information content (AvgIpc) is 3.25. The second-order valence-electron chi connectivity index (χ2n) is 16.5. The maximum atomic E-state index is 12.9. The van der Waals surface area contributed by atoms with E-state index in [4.69, 9.17) is 9.47 Å². The predicted octanol–water partition coefficient (Wildman–Crippen LogP) is 10.6. The fourth-order valence-corrected chi connectivity index (χ4v) is 7.16. The summed E-state index contributed by atoms with van der Waals surface area (Å²) >= 11 is 0. The number of unbranched alkanes of at least 4 members (excludes halogenated alkanes) is 19. The van der Waals surface area contributed by atoms with E-state index in [0.717, 1.165) is 64.2 Å². The van der Waals surface area contributed by atoms with E-state index in [1.165, 1.54) is 103 Å². The minimum absolute atomic E-state index is 0.193. The first-order chi connectivity index (χ1) is 29.3. The maximum Gasteiger partial charge on any atom is 0.220 e. The molecule has 1 aliphatic rings. The quantitative estimate of drug-likeness (QED) is 0.0265. The summed E-state index contributed by atoms with van der Waals surface area (Å²) in [5.74, 6) is -0.193. The number of rotatable bonds is 39. The van der Waals surface area contributed by atoms with Gasteiger partial charge in [0.1, 0.15) is 24.4 Å². The molecule has 1 rings (SSSR count). The van der Waals surface area contributed by atoms with Crippen molar-refractivity contribution in [2.75, 3.05) is 13.2 Å². The van der Waals surface area contributed by atoms with Crippen molar-refractivity contribution in [1.29, 1.82) is 0 Å². The highest BCUT2D eigenvalue weighted by Gasteiger charge is 2.44. The predicted molar refractivity (Wildman–Crippen MR) is 249 cm³/mol. The van der Waals surface area contributed by atoms with Crippen LogP contribution in [0.4, 0.5) is 0 Å². The zero-order valence-electron chi connectivity index (χ0n) is 37.9. The summed E-state index contributed by atoms with van der Waals surface area (Å²) in [5.41, 5.74) is 0. The third kappa shape index (κ3) is 30.6. The van der Waals surface area contributed by atoms with Crippen LogP contribution in [0.5, 0.6) is 0 Å². The Kier molecular flexibility index (Phi) is 37.7. The fourth-order valence-electron chi connectivity index (χ4n) is 7.16. The second kappa shape index (κ2) is 40.7. The molecule has 0 saturated carbocycles. The van der Waals surface area contributed by atoms with Crippen molar-refractivity contribution in [3.05, 3.63) is 72.9 Å². The van der Waals surface area contributed by atoms with Crippen LogP contribution in [-0.4, -0.2) is 87.5 Å². The summed E-state index contributed by atoms with van der Waals surface area (Å²) < 4.78 is 11.2. The van der Waals surface area contributed by atoms with Crippen LogP contribution in [0.25, 0.3) is 0 Å². The molecule has 7 unspecified atom stereocenters. The van der Waals surface area contributed by atoms with Gasteiger partial charge in [-0.15, -0.1) is 0 Å². The maximum absolute atomic E-state index is 12.9. The van der Waals surface area contributed by atoms with Gasteiger partial charge in [-0.05, 0) is 70.6 Å². The van der Waals surface area contributed by atoms with E-state index >= 15 is 0 Å². The van der Waals surface area contributed by atoms with Crippen LogP contribution < -0.4 is 5.32 Å². The molecule has 1 saturated heterocycles. The topological polar surface area (TPSA) is 149 Å². The molecule has 1 amide bonds. The summed E-state index contributed by atoms with van der Waals surface area (Å²) in [6.45, 7) is 3.59. The van der Waals surface area contributed by atoms with Gasteiger partial charge in [-0.25, -0.2) is 0 Å². The van der Waals surface area contributed by atoms with E-state index in [0.29, 0.717) is 6.42 Å². The molecule has 7 atom stereocenters. The van der Waals surface area contributed by atoms with Crippen LogP contribution in [0.1, 0.15) is 187 Å². The minimum Gasteiger partial charge on any atom is -0.394 e. The third-order valence-electron chi connectivity index (χ3n) is 11.0. The number of amides is 1. The number of nitrogens with one attached hydrogen (secondary N) is 1. The van der Waals surface area contributed by atoms with Gasteiger partial charge in [0.05, 0.1) is 25.4 Å². The van der Waals surface area contributed by atoms with Gasteiger partial charge in [0, 0.05) is 6.42 Å². The van der Waals surface area contributed by atoms with Crippen LogP contribution in [0.15, 0.2) is 72.9 Å². The number of aliphatic hydroxyl groups excluding tert-OH is 5. The van der Waals surface area contributed by atoms with Crippen molar-refractivity contribution < 1.29 is 39.8 Å². The first-order valence-corrected chi connectivity index (χ1v) is 24.2. The second-order valence-corrected chi connectivity index (χ2v) is 16.5. The molecule has 0 spiro atoms. The lowest BCUT2D eigenvalue weighted by molar-refractivity contribution is -0.302. The number of hydrogen-bond donors (Lipinski definition) is 6.